The van der Waals surface area contributed by atoms with E-state index in [0.717, 1.165) is 16.9 Å². The van der Waals surface area contributed by atoms with Crippen molar-refractivity contribution in [3.63, 3.8) is 0 Å². The number of anilines is 2. The Labute approximate surface area is 148 Å². The standard InChI is InChI=1S/C22H22N2O/c1-22(2,18-11-5-3-6-12-18)24-21(25)17-10-9-15-20(16-17)23-19-13-7-4-8-14-19/h3-16,23H,1-2H3,(H,24,25). The van der Waals surface area contributed by atoms with E-state index >= 15 is 0 Å². The minimum Gasteiger partial charge on any atom is -0.356 e. The lowest BCUT2D eigenvalue weighted by atomic mass is 9.94. The zero-order valence-corrected chi connectivity index (χ0v) is 14.5. The van der Waals surface area contributed by atoms with Crippen molar-refractivity contribution in [1.29, 1.82) is 0 Å². The van der Waals surface area contributed by atoms with Gasteiger partial charge in [0.1, 0.15) is 0 Å². The average molecular weight is 330 g/mol. The molecular formula is C22H22N2O. The minimum atomic E-state index is -0.443. The molecule has 0 fully saturated rings. The van der Waals surface area contributed by atoms with Crippen LogP contribution >= 0.6 is 0 Å². The molecule has 2 N–H and O–H groups in total. The van der Waals surface area contributed by atoms with Crippen molar-refractivity contribution >= 4 is 17.3 Å². The molecule has 3 aromatic rings. The third-order valence-electron chi connectivity index (χ3n) is 4.11. The monoisotopic (exact) mass is 330 g/mol. The topological polar surface area (TPSA) is 41.1 Å². The third-order valence-corrected chi connectivity index (χ3v) is 4.11. The normalized spacial score (nSPS) is 11.0. The van der Waals surface area contributed by atoms with Gasteiger partial charge < -0.3 is 10.6 Å². The summed E-state index contributed by atoms with van der Waals surface area (Å²) in [6, 6.07) is 27.4. The van der Waals surface area contributed by atoms with Crippen LogP contribution in [0.3, 0.4) is 0 Å². The van der Waals surface area contributed by atoms with Gasteiger partial charge in [0.15, 0.2) is 0 Å². The summed E-state index contributed by atoms with van der Waals surface area (Å²) in [7, 11) is 0. The van der Waals surface area contributed by atoms with Crippen molar-refractivity contribution < 1.29 is 4.79 Å². The largest absolute Gasteiger partial charge is 0.356 e. The van der Waals surface area contributed by atoms with Crippen molar-refractivity contribution in [3.8, 4) is 0 Å². The Balaban J connectivity index is 1.75. The Hall–Kier alpha value is -3.07. The molecule has 0 spiro atoms. The van der Waals surface area contributed by atoms with Gasteiger partial charge in [-0.3, -0.25) is 4.79 Å². The van der Waals surface area contributed by atoms with Crippen LogP contribution in [-0.4, -0.2) is 5.91 Å². The van der Waals surface area contributed by atoms with Gasteiger partial charge in [0, 0.05) is 16.9 Å². The summed E-state index contributed by atoms with van der Waals surface area (Å²) in [6.07, 6.45) is 0. The SMILES string of the molecule is CC(C)(NC(=O)c1cccc(Nc2ccccc2)c1)c1ccccc1. The maximum absolute atomic E-state index is 12.7. The van der Waals surface area contributed by atoms with Crippen LogP contribution in [0.2, 0.25) is 0 Å². The van der Waals surface area contributed by atoms with Gasteiger partial charge in [0.2, 0.25) is 0 Å². The highest BCUT2D eigenvalue weighted by molar-refractivity contribution is 5.95. The van der Waals surface area contributed by atoms with Crippen LogP contribution in [0.15, 0.2) is 84.9 Å². The number of carbonyl (C=O) groups excluding carboxylic acids is 1. The second kappa shape index (κ2) is 7.22. The van der Waals surface area contributed by atoms with Gasteiger partial charge in [-0.2, -0.15) is 0 Å². The maximum Gasteiger partial charge on any atom is 0.252 e. The van der Waals surface area contributed by atoms with E-state index in [4.69, 9.17) is 0 Å². The lowest BCUT2D eigenvalue weighted by Crippen LogP contribution is -2.40. The van der Waals surface area contributed by atoms with Crippen molar-refractivity contribution in [2.75, 3.05) is 5.32 Å². The predicted octanol–water partition coefficient (Wildman–Crippen LogP) is 5.10. The van der Waals surface area contributed by atoms with Crippen molar-refractivity contribution in [3.05, 3.63) is 96.1 Å². The molecule has 3 aromatic carbocycles. The van der Waals surface area contributed by atoms with E-state index < -0.39 is 5.54 Å². The van der Waals surface area contributed by atoms with Gasteiger partial charge in [-0.25, -0.2) is 0 Å². The van der Waals surface area contributed by atoms with E-state index in [-0.39, 0.29) is 5.91 Å². The third kappa shape index (κ3) is 4.27. The molecule has 25 heavy (non-hydrogen) atoms. The molecule has 0 bridgehead atoms. The number of amides is 1. The summed E-state index contributed by atoms with van der Waals surface area (Å²) in [5.74, 6) is -0.0921. The predicted molar refractivity (Wildman–Crippen MR) is 103 cm³/mol. The summed E-state index contributed by atoms with van der Waals surface area (Å²) in [5.41, 5.74) is 3.13. The average Bonchev–Trinajstić information content (AvgIpc) is 2.63. The van der Waals surface area contributed by atoms with Crippen molar-refractivity contribution in [2.24, 2.45) is 0 Å². The number of nitrogens with one attached hydrogen (secondary N) is 2. The van der Waals surface area contributed by atoms with Crippen LogP contribution in [0.1, 0.15) is 29.8 Å². The van der Waals surface area contributed by atoms with Gasteiger partial charge in [-0.1, -0.05) is 54.6 Å². The maximum atomic E-state index is 12.7. The Morgan fingerprint density at radius 1 is 0.760 bits per heavy atom. The molecule has 3 heteroatoms. The van der Waals surface area contributed by atoms with E-state index in [1.165, 1.54) is 0 Å². The Morgan fingerprint density at radius 2 is 1.36 bits per heavy atom. The van der Waals surface area contributed by atoms with Crippen molar-refractivity contribution in [1.82, 2.24) is 5.32 Å². The van der Waals surface area contributed by atoms with E-state index in [2.05, 4.69) is 10.6 Å². The summed E-state index contributed by atoms with van der Waals surface area (Å²) >= 11 is 0. The number of benzene rings is 3. The smallest absolute Gasteiger partial charge is 0.252 e. The van der Waals surface area contributed by atoms with Crippen LogP contribution in [-0.2, 0) is 5.54 Å². The summed E-state index contributed by atoms with van der Waals surface area (Å²) in [5, 5.41) is 6.43. The zero-order valence-electron chi connectivity index (χ0n) is 14.5. The quantitative estimate of drug-likeness (QED) is 0.684. The molecule has 0 saturated carbocycles. The molecule has 0 aliphatic heterocycles. The van der Waals surface area contributed by atoms with Gasteiger partial charge in [0.05, 0.1) is 5.54 Å². The fourth-order valence-corrected chi connectivity index (χ4v) is 2.71. The molecule has 0 unspecified atom stereocenters. The Bertz CT molecular complexity index is 842. The van der Waals surface area contributed by atoms with Gasteiger partial charge in [-0.05, 0) is 49.7 Å². The second-order valence-electron chi connectivity index (χ2n) is 6.52. The molecule has 0 heterocycles. The summed E-state index contributed by atoms with van der Waals surface area (Å²) < 4.78 is 0. The van der Waals surface area contributed by atoms with E-state index in [0.29, 0.717) is 5.56 Å². The highest BCUT2D eigenvalue weighted by Crippen LogP contribution is 2.21. The number of carbonyl (C=O) groups is 1. The lowest BCUT2D eigenvalue weighted by Gasteiger charge is -2.27. The molecular weight excluding hydrogens is 308 g/mol. The number of para-hydroxylation sites is 1. The minimum absolute atomic E-state index is 0.0921. The van der Waals surface area contributed by atoms with Crippen LogP contribution < -0.4 is 10.6 Å². The van der Waals surface area contributed by atoms with E-state index in [9.17, 15) is 4.79 Å². The van der Waals surface area contributed by atoms with Gasteiger partial charge >= 0.3 is 0 Å². The number of hydrogen-bond acceptors (Lipinski definition) is 2. The van der Waals surface area contributed by atoms with Crippen LogP contribution in [0.25, 0.3) is 0 Å². The van der Waals surface area contributed by atoms with E-state index in [1.807, 2.05) is 98.8 Å². The van der Waals surface area contributed by atoms with Gasteiger partial charge in [-0.15, -0.1) is 0 Å². The molecule has 0 saturated heterocycles. The Morgan fingerprint density at radius 3 is 2.04 bits per heavy atom. The first-order valence-corrected chi connectivity index (χ1v) is 8.35. The van der Waals surface area contributed by atoms with E-state index in [1.54, 1.807) is 0 Å². The van der Waals surface area contributed by atoms with Crippen LogP contribution in [0.5, 0.6) is 0 Å². The summed E-state index contributed by atoms with van der Waals surface area (Å²) in [6.45, 7) is 4.01. The van der Waals surface area contributed by atoms with Crippen molar-refractivity contribution in [2.45, 2.75) is 19.4 Å². The fourth-order valence-electron chi connectivity index (χ4n) is 2.71. The first-order chi connectivity index (χ1) is 12.0. The molecule has 0 radical (unpaired) electrons. The summed E-state index contributed by atoms with van der Waals surface area (Å²) in [4.78, 5) is 12.7. The molecule has 0 aliphatic carbocycles. The molecule has 126 valence electrons. The molecule has 0 aromatic heterocycles. The highest BCUT2D eigenvalue weighted by atomic mass is 16.1. The Kier molecular flexibility index (Phi) is 4.85. The first-order valence-electron chi connectivity index (χ1n) is 8.35. The zero-order chi connectivity index (χ0) is 17.7. The van der Waals surface area contributed by atoms with Crippen LogP contribution in [0, 0.1) is 0 Å². The molecule has 3 rings (SSSR count). The molecule has 0 atom stereocenters. The van der Waals surface area contributed by atoms with Crippen LogP contribution in [0.4, 0.5) is 11.4 Å². The van der Waals surface area contributed by atoms with Gasteiger partial charge in [0.25, 0.3) is 5.91 Å². The highest BCUT2D eigenvalue weighted by Gasteiger charge is 2.23. The fraction of sp³-hybridized carbons (Fsp3) is 0.136. The molecule has 1 amide bonds. The number of hydrogen-bond donors (Lipinski definition) is 2. The number of rotatable bonds is 5. The molecule has 0 aliphatic rings. The molecule has 3 nitrogen and oxygen atoms in total. The lowest BCUT2D eigenvalue weighted by molar-refractivity contribution is 0.0912. The first kappa shape index (κ1) is 16.8. The second-order valence-corrected chi connectivity index (χ2v) is 6.52.